The first-order chi connectivity index (χ1) is 13.8. The molecule has 0 aliphatic carbocycles. The first-order valence-electron chi connectivity index (χ1n) is 9.57. The Kier molecular flexibility index (Phi) is 6.78. The molecule has 0 fully saturated rings. The molecule has 4 nitrogen and oxygen atoms in total. The lowest BCUT2D eigenvalue weighted by molar-refractivity contribution is -0.147. The smallest absolute Gasteiger partial charge is 0.333 e. The van der Waals surface area contributed by atoms with Gasteiger partial charge in [0.1, 0.15) is 18.5 Å². The van der Waals surface area contributed by atoms with Gasteiger partial charge < -0.3 is 14.2 Å². The van der Waals surface area contributed by atoms with Gasteiger partial charge in [-0.05, 0) is 49.7 Å². The Labute approximate surface area is 176 Å². The molecule has 0 amide bonds. The van der Waals surface area contributed by atoms with E-state index in [1.807, 2.05) is 43.3 Å². The van der Waals surface area contributed by atoms with Crippen molar-refractivity contribution >= 4 is 39.1 Å². The molecule has 152 valence electrons. The summed E-state index contributed by atoms with van der Waals surface area (Å²) in [6, 6.07) is 16.0. The van der Waals surface area contributed by atoms with Crippen LogP contribution in [0.15, 0.2) is 60.7 Å². The first-order valence-corrected chi connectivity index (χ1v) is 9.95. The molecule has 3 rings (SSSR count). The van der Waals surface area contributed by atoms with Crippen molar-refractivity contribution in [3.05, 3.63) is 65.7 Å². The van der Waals surface area contributed by atoms with Gasteiger partial charge >= 0.3 is 5.97 Å². The summed E-state index contributed by atoms with van der Waals surface area (Å²) in [6.07, 6.45) is -0.548. The zero-order valence-electron chi connectivity index (χ0n) is 16.9. The number of fused-ring (bicyclic) bond motifs is 2. The number of halogens is 1. The van der Waals surface area contributed by atoms with Crippen molar-refractivity contribution in [2.45, 2.75) is 33.0 Å². The third kappa shape index (κ3) is 5.28. The standard InChI is InChI=1S/C24H25ClO4/c1-15(2)24(26)29-17(4)14-27-16(3)13-28-23-21-8-6-5-7-18(21)11-19-9-10-20(25)12-22(19)23/h5-12,16-17H,1,13-14H2,2-4H3. The number of rotatable bonds is 8. The Bertz CT molecular complexity index is 1040. The van der Waals surface area contributed by atoms with Crippen LogP contribution in [0.3, 0.4) is 0 Å². The monoisotopic (exact) mass is 412 g/mol. The fourth-order valence-corrected chi connectivity index (χ4v) is 3.19. The van der Waals surface area contributed by atoms with Gasteiger partial charge in [0.2, 0.25) is 0 Å². The molecule has 3 aromatic carbocycles. The zero-order valence-corrected chi connectivity index (χ0v) is 17.7. The fourth-order valence-electron chi connectivity index (χ4n) is 3.01. The highest BCUT2D eigenvalue weighted by Gasteiger charge is 2.14. The van der Waals surface area contributed by atoms with Crippen molar-refractivity contribution in [2.24, 2.45) is 0 Å². The van der Waals surface area contributed by atoms with Crippen LogP contribution in [-0.2, 0) is 14.3 Å². The van der Waals surface area contributed by atoms with E-state index in [2.05, 4.69) is 18.7 Å². The van der Waals surface area contributed by atoms with E-state index in [-0.39, 0.29) is 18.8 Å². The Balaban J connectivity index is 1.71. The molecule has 0 spiro atoms. The zero-order chi connectivity index (χ0) is 21.0. The summed E-state index contributed by atoms with van der Waals surface area (Å²) < 4.78 is 17.2. The molecule has 0 saturated heterocycles. The normalized spacial score (nSPS) is 13.2. The maximum Gasteiger partial charge on any atom is 0.333 e. The van der Waals surface area contributed by atoms with Crippen LogP contribution in [0.2, 0.25) is 5.02 Å². The maximum absolute atomic E-state index is 11.6. The number of carbonyl (C=O) groups is 1. The van der Waals surface area contributed by atoms with E-state index in [1.165, 1.54) is 0 Å². The van der Waals surface area contributed by atoms with Crippen LogP contribution in [-0.4, -0.2) is 31.4 Å². The van der Waals surface area contributed by atoms with Gasteiger partial charge in [-0.3, -0.25) is 0 Å². The second-order valence-electron chi connectivity index (χ2n) is 7.24. The van der Waals surface area contributed by atoms with Gasteiger partial charge in [0, 0.05) is 21.4 Å². The van der Waals surface area contributed by atoms with Gasteiger partial charge in [-0.2, -0.15) is 0 Å². The van der Waals surface area contributed by atoms with Crippen LogP contribution >= 0.6 is 11.6 Å². The summed E-state index contributed by atoms with van der Waals surface area (Å²) in [5, 5.41) is 4.82. The summed E-state index contributed by atoms with van der Waals surface area (Å²) in [7, 11) is 0. The molecule has 0 radical (unpaired) electrons. The molecule has 5 heteroatoms. The van der Waals surface area contributed by atoms with E-state index in [4.69, 9.17) is 25.8 Å². The van der Waals surface area contributed by atoms with Gasteiger partial charge in [0.25, 0.3) is 0 Å². The van der Waals surface area contributed by atoms with Crippen molar-refractivity contribution in [3.63, 3.8) is 0 Å². The first kappa shape index (κ1) is 21.2. The molecule has 3 aromatic rings. The van der Waals surface area contributed by atoms with Gasteiger partial charge in [0.15, 0.2) is 0 Å². The summed E-state index contributed by atoms with van der Waals surface area (Å²) in [5.74, 6) is 0.377. The van der Waals surface area contributed by atoms with E-state index in [0.717, 1.165) is 27.3 Å². The molecule has 0 N–H and O–H groups in total. The molecule has 29 heavy (non-hydrogen) atoms. The predicted octanol–water partition coefficient (Wildman–Crippen LogP) is 5.94. The van der Waals surface area contributed by atoms with Crippen LogP contribution < -0.4 is 4.74 Å². The van der Waals surface area contributed by atoms with Crippen molar-refractivity contribution in [3.8, 4) is 5.75 Å². The lowest BCUT2D eigenvalue weighted by atomic mass is 10.0. The molecule has 0 aliphatic rings. The fraction of sp³-hybridized carbons (Fsp3) is 0.292. The number of benzene rings is 3. The van der Waals surface area contributed by atoms with Gasteiger partial charge in [-0.15, -0.1) is 0 Å². The molecule has 0 bridgehead atoms. The second-order valence-corrected chi connectivity index (χ2v) is 7.68. The van der Waals surface area contributed by atoms with Crippen LogP contribution in [0.25, 0.3) is 21.5 Å². The lowest BCUT2D eigenvalue weighted by Gasteiger charge is -2.19. The highest BCUT2D eigenvalue weighted by molar-refractivity contribution is 6.31. The van der Waals surface area contributed by atoms with Crippen molar-refractivity contribution in [1.82, 2.24) is 0 Å². The molecule has 0 heterocycles. The number of hydrogen-bond donors (Lipinski definition) is 0. The van der Waals surface area contributed by atoms with E-state index in [1.54, 1.807) is 13.8 Å². The van der Waals surface area contributed by atoms with Gasteiger partial charge in [-0.25, -0.2) is 4.79 Å². The highest BCUT2D eigenvalue weighted by Crippen LogP contribution is 2.36. The molecule has 0 aliphatic heterocycles. The minimum Gasteiger partial charge on any atom is -0.490 e. The summed E-state index contributed by atoms with van der Waals surface area (Å²) in [4.78, 5) is 11.6. The minimum absolute atomic E-state index is 0.186. The van der Waals surface area contributed by atoms with Crippen LogP contribution in [0.5, 0.6) is 5.75 Å². The lowest BCUT2D eigenvalue weighted by Crippen LogP contribution is -2.26. The van der Waals surface area contributed by atoms with Gasteiger partial charge in [-0.1, -0.05) is 48.5 Å². The molecule has 2 unspecified atom stereocenters. The predicted molar refractivity (Wildman–Crippen MR) is 118 cm³/mol. The molecule has 0 aromatic heterocycles. The molecular formula is C24H25ClO4. The van der Waals surface area contributed by atoms with Crippen LogP contribution in [0.4, 0.5) is 0 Å². The molecule has 0 saturated carbocycles. The Morgan fingerprint density at radius 2 is 1.72 bits per heavy atom. The maximum atomic E-state index is 11.6. The second kappa shape index (κ2) is 9.29. The minimum atomic E-state index is -0.413. The Hall–Kier alpha value is -2.56. The third-order valence-electron chi connectivity index (χ3n) is 4.51. The van der Waals surface area contributed by atoms with Crippen molar-refractivity contribution in [2.75, 3.05) is 13.2 Å². The van der Waals surface area contributed by atoms with E-state index in [0.29, 0.717) is 17.2 Å². The number of esters is 1. The highest BCUT2D eigenvalue weighted by atomic mass is 35.5. The van der Waals surface area contributed by atoms with E-state index in [9.17, 15) is 4.79 Å². The summed E-state index contributed by atoms with van der Waals surface area (Å²) >= 11 is 6.22. The third-order valence-corrected chi connectivity index (χ3v) is 4.75. The average Bonchev–Trinajstić information content (AvgIpc) is 2.69. The number of hydrogen-bond acceptors (Lipinski definition) is 4. The number of carbonyl (C=O) groups excluding carboxylic acids is 1. The van der Waals surface area contributed by atoms with Crippen LogP contribution in [0, 0.1) is 0 Å². The Morgan fingerprint density at radius 3 is 2.48 bits per heavy atom. The summed E-state index contributed by atoms with van der Waals surface area (Å²) in [6.45, 7) is 9.55. The SMILES string of the molecule is C=C(C)C(=O)OC(C)COC(C)COc1c2ccccc2cc2ccc(Cl)cc12. The summed E-state index contributed by atoms with van der Waals surface area (Å²) in [5.41, 5.74) is 0.370. The quantitative estimate of drug-likeness (QED) is 0.261. The van der Waals surface area contributed by atoms with Gasteiger partial charge in [0.05, 0.1) is 12.7 Å². The molecular weight excluding hydrogens is 388 g/mol. The topological polar surface area (TPSA) is 44.8 Å². The molecule has 2 atom stereocenters. The van der Waals surface area contributed by atoms with Crippen molar-refractivity contribution < 1.29 is 19.0 Å². The Morgan fingerprint density at radius 1 is 1.00 bits per heavy atom. The van der Waals surface area contributed by atoms with E-state index >= 15 is 0 Å². The van der Waals surface area contributed by atoms with Crippen LogP contribution in [0.1, 0.15) is 20.8 Å². The largest absolute Gasteiger partial charge is 0.490 e. The van der Waals surface area contributed by atoms with E-state index < -0.39 is 5.97 Å². The van der Waals surface area contributed by atoms with Crippen molar-refractivity contribution in [1.29, 1.82) is 0 Å². The average molecular weight is 413 g/mol. The number of ether oxygens (including phenoxy) is 3.